The molecular formula is C25H20FN5O2. The molecular weight excluding hydrogens is 421 g/mol. The molecule has 0 saturated carbocycles. The molecule has 1 heterocycles. The maximum atomic E-state index is 13.4. The lowest BCUT2D eigenvalue weighted by Gasteiger charge is -2.05. The van der Waals surface area contributed by atoms with Gasteiger partial charge in [0.25, 0.3) is 0 Å². The van der Waals surface area contributed by atoms with Crippen molar-refractivity contribution in [2.75, 3.05) is 10.6 Å². The maximum absolute atomic E-state index is 13.4. The van der Waals surface area contributed by atoms with E-state index in [4.69, 9.17) is 5.73 Å². The molecule has 0 radical (unpaired) electrons. The Morgan fingerprint density at radius 2 is 1.52 bits per heavy atom. The predicted molar refractivity (Wildman–Crippen MR) is 126 cm³/mol. The molecule has 1 aromatic heterocycles. The molecule has 0 saturated heterocycles. The number of nitrogens with one attached hydrogen (secondary N) is 2. The Balaban J connectivity index is 1.56. The Hall–Kier alpha value is -4.72. The minimum atomic E-state index is -0.664. The summed E-state index contributed by atoms with van der Waals surface area (Å²) in [5.74, 6) is -0.683. The molecule has 4 rings (SSSR count). The molecule has 0 atom stereocenters. The molecule has 164 valence electrons. The quantitative estimate of drug-likeness (QED) is 0.374. The van der Waals surface area contributed by atoms with Crippen molar-refractivity contribution >= 4 is 29.4 Å². The van der Waals surface area contributed by atoms with E-state index in [0.29, 0.717) is 22.6 Å². The number of benzene rings is 3. The van der Waals surface area contributed by atoms with Crippen LogP contribution in [-0.2, 0) is 4.79 Å². The van der Waals surface area contributed by atoms with Crippen molar-refractivity contribution in [2.24, 2.45) is 5.73 Å². The highest BCUT2D eigenvalue weighted by Gasteiger charge is 2.11. The Labute approximate surface area is 189 Å². The number of primary amides is 1. The zero-order chi connectivity index (χ0) is 23.2. The second-order valence-electron chi connectivity index (χ2n) is 7.11. The van der Waals surface area contributed by atoms with E-state index in [0.717, 1.165) is 11.3 Å². The first kappa shape index (κ1) is 21.5. The fourth-order valence-electron chi connectivity index (χ4n) is 3.18. The average molecular weight is 441 g/mol. The smallest absolute Gasteiger partial charge is 0.316 e. The fraction of sp³-hybridized carbons (Fsp3) is 0. The van der Waals surface area contributed by atoms with Crippen LogP contribution in [0, 0.1) is 5.82 Å². The third kappa shape index (κ3) is 5.50. The van der Waals surface area contributed by atoms with Crippen molar-refractivity contribution < 1.29 is 14.0 Å². The third-order valence-electron chi connectivity index (χ3n) is 4.72. The topological polar surface area (TPSA) is 102 Å². The Morgan fingerprint density at radius 3 is 2.15 bits per heavy atom. The second-order valence-corrected chi connectivity index (χ2v) is 7.11. The van der Waals surface area contributed by atoms with E-state index >= 15 is 0 Å². The highest BCUT2D eigenvalue weighted by atomic mass is 19.1. The first-order chi connectivity index (χ1) is 16.0. The van der Waals surface area contributed by atoms with Crippen LogP contribution in [0.25, 0.3) is 23.0 Å². The monoisotopic (exact) mass is 441 g/mol. The summed E-state index contributed by atoms with van der Waals surface area (Å²) >= 11 is 0. The molecule has 0 aliphatic rings. The minimum Gasteiger partial charge on any atom is -0.351 e. The Bertz CT molecular complexity index is 1300. The number of nitrogens with zero attached hydrogens (tertiary/aromatic N) is 2. The largest absolute Gasteiger partial charge is 0.351 e. The number of halogens is 1. The summed E-state index contributed by atoms with van der Waals surface area (Å²) in [6.45, 7) is 0. The molecule has 33 heavy (non-hydrogen) atoms. The van der Waals surface area contributed by atoms with Crippen molar-refractivity contribution in [3.63, 3.8) is 0 Å². The van der Waals surface area contributed by atoms with Crippen LogP contribution >= 0.6 is 0 Å². The predicted octanol–water partition coefficient (Wildman–Crippen LogP) is 4.82. The first-order valence-corrected chi connectivity index (χ1v) is 10.0. The molecule has 8 heteroatoms. The highest BCUT2D eigenvalue weighted by molar-refractivity contribution is 6.02. The zero-order valence-electron chi connectivity index (χ0n) is 17.4. The van der Waals surface area contributed by atoms with Gasteiger partial charge in [-0.25, -0.2) is 13.9 Å². The Morgan fingerprint density at radius 1 is 0.879 bits per heavy atom. The molecule has 0 bridgehead atoms. The second kappa shape index (κ2) is 9.61. The van der Waals surface area contributed by atoms with Gasteiger partial charge in [0.15, 0.2) is 0 Å². The first-order valence-electron chi connectivity index (χ1n) is 10.0. The van der Waals surface area contributed by atoms with Gasteiger partial charge >= 0.3 is 6.03 Å². The van der Waals surface area contributed by atoms with Crippen LogP contribution in [0.1, 0.15) is 5.56 Å². The number of aromatic nitrogens is 2. The molecule has 3 amide bonds. The number of carbonyl (C=O) groups excluding carboxylic acids is 2. The molecule has 0 unspecified atom stereocenters. The van der Waals surface area contributed by atoms with Crippen molar-refractivity contribution in [1.29, 1.82) is 0 Å². The van der Waals surface area contributed by atoms with E-state index in [-0.39, 0.29) is 11.7 Å². The molecule has 7 nitrogen and oxygen atoms in total. The van der Waals surface area contributed by atoms with Gasteiger partial charge in [0, 0.05) is 34.8 Å². The molecule has 4 aromatic rings. The van der Waals surface area contributed by atoms with Gasteiger partial charge in [-0.05, 0) is 66.7 Å². The van der Waals surface area contributed by atoms with E-state index in [1.807, 2.05) is 36.5 Å². The van der Waals surface area contributed by atoms with Gasteiger partial charge < -0.3 is 16.4 Å². The highest BCUT2D eigenvalue weighted by Crippen LogP contribution is 2.25. The standard InChI is InChI=1S/C25H20FN5O2/c26-19-9-6-17(7-10-19)24-18(16-31(30-24)22-4-2-1-3-5-22)8-15-23(32)28-20-11-13-21(14-12-20)29-25(27)33/h1-16H,(H,28,32)(H3,27,29,33)/b15-8+. The lowest BCUT2D eigenvalue weighted by atomic mass is 10.1. The molecule has 0 aliphatic carbocycles. The van der Waals surface area contributed by atoms with Crippen LogP contribution in [0.15, 0.2) is 91.1 Å². The van der Waals surface area contributed by atoms with Crippen LogP contribution in [0.2, 0.25) is 0 Å². The molecule has 4 N–H and O–H groups in total. The normalized spacial score (nSPS) is 10.8. The van der Waals surface area contributed by atoms with Crippen LogP contribution in [0.4, 0.5) is 20.6 Å². The number of anilines is 2. The third-order valence-corrected chi connectivity index (χ3v) is 4.72. The number of amides is 3. The van der Waals surface area contributed by atoms with E-state index in [1.54, 1.807) is 47.2 Å². The summed E-state index contributed by atoms with van der Waals surface area (Å²) in [6, 6.07) is 21.5. The van der Waals surface area contributed by atoms with Gasteiger partial charge in [0.2, 0.25) is 5.91 Å². The van der Waals surface area contributed by atoms with Crippen LogP contribution < -0.4 is 16.4 Å². The summed E-state index contributed by atoms with van der Waals surface area (Å²) < 4.78 is 15.1. The number of hydrogen-bond acceptors (Lipinski definition) is 3. The van der Waals surface area contributed by atoms with E-state index < -0.39 is 6.03 Å². The summed E-state index contributed by atoms with van der Waals surface area (Å²) in [5, 5.41) is 9.85. The number of para-hydroxylation sites is 1. The summed E-state index contributed by atoms with van der Waals surface area (Å²) in [5.41, 5.74) is 9.05. The van der Waals surface area contributed by atoms with Gasteiger partial charge in [-0.3, -0.25) is 4.79 Å². The summed E-state index contributed by atoms with van der Waals surface area (Å²) in [4.78, 5) is 23.4. The number of hydrogen-bond donors (Lipinski definition) is 3. The van der Waals surface area contributed by atoms with E-state index in [9.17, 15) is 14.0 Å². The molecule has 3 aromatic carbocycles. The SMILES string of the molecule is NC(=O)Nc1ccc(NC(=O)/C=C/c2cn(-c3ccccc3)nc2-c2ccc(F)cc2)cc1. The van der Waals surface area contributed by atoms with Crippen molar-refractivity contribution in [3.8, 4) is 16.9 Å². The van der Waals surface area contributed by atoms with Crippen molar-refractivity contribution in [1.82, 2.24) is 9.78 Å². The Kier molecular flexibility index (Phi) is 6.26. The average Bonchev–Trinajstić information content (AvgIpc) is 3.24. The van der Waals surface area contributed by atoms with Crippen molar-refractivity contribution in [2.45, 2.75) is 0 Å². The molecule has 0 fully saturated rings. The fourth-order valence-corrected chi connectivity index (χ4v) is 3.18. The lowest BCUT2D eigenvalue weighted by Crippen LogP contribution is -2.19. The maximum Gasteiger partial charge on any atom is 0.316 e. The van der Waals surface area contributed by atoms with Gasteiger partial charge in [-0.2, -0.15) is 5.10 Å². The lowest BCUT2D eigenvalue weighted by molar-refractivity contribution is -0.111. The van der Waals surface area contributed by atoms with E-state index in [1.165, 1.54) is 18.2 Å². The van der Waals surface area contributed by atoms with Gasteiger partial charge in [0.1, 0.15) is 5.82 Å². The van der Waals surface area contributed by atoms with Gasteiger partial charge in [-0.15, -0.1) is 0 Å². The zero-order valence-corrected chi connectivity index (χ0v) is 17.4. The summed E-state index contributed by atoms with van der Waals surface area (Å²) in [6.07, 6.45) is 4.86. The van der Waals surface area contributed by atoms with Crippen LogP contribution in [0.3, 0.4) is 0 Å². The number of urea groups is 1. The molecule has 0 spiro atoms. The minimum absolute atomic E-state index is 0.338. The van der Waals surface area contributed by atoms with Crippen LogP contribution in [-0.4, -0.2) is 21.7 Å². The van der Waals surface area contributed by atoms with Crippen LogP contribution in [0.5, 0.6) is 0 Å². The number of rotatable bonds is 6. The van der Waals surface area contributed by atoms with E-state index in [2.05, 4.69) is 15.7 Å². The number of nitrogens with two attached hydrogens (primary N) is 1. The van der Waals surface area contributed by atoms with Crippen molar-refractivity contribution in [3.05, 3.63) is 103 Å². The summed E-state index contributed by atoms with van der Waals surface area (Å²) in [7, 11) is 0. The molecule has 0 aliphatic heterocycles. The van der Waals surface area contributed by atoms with Gasteiger partial charge in [-0.1, -0.05) is 18.2 Å². The number of carbonyl (C=O) groups is 2. The van der Waals surface area contributed by atoms with Gasteiger partial charge in [0.05, 0.1) is 11.4 Å².